The van der Waals surface area contributed by atoms with E-state index in [1.54, 1.807) is 29.9 Å². The number of aromatic nitrogens is 2. The van der Waals surface area contributed by atoms with Gasteiger partial charge in [-0.15, -0.1) is 11.3 Å². The van der Waals surface area contributed by atoms with Gasteiger partial charge in [-0.3, -0.25) is 9.97 Å². The molecule has 0 spiro atoms. The Bertz CT molecular complexity index is 1120. The van der Waals surface area contributed by atoms with Crippen LogP contribution in [0.5, 0.6) is 5.75 Å². The standard InChI is InChI=1S/C22H19N3OS/c1-25-12-18(14-2-5-21-15(10-14)6-9-27-21)16-3-4-17(22(26)19(16)13-25)20-11-23-7-8-24-20/h2-11,18,26H,12-13H2,1H3. The van der Waals surface area contributed by atoms with Crippen molar-refractivity contribution in [3.63, 3.8) is 0 Å². The van der Waals surface area contributed by atoms with Gasteiger partial charge in [0.15, 0.2) is 0 Å². The molecule has 2 aromatic heterocycles. The molecule has 1 N–H and O–H groups in total. The van der Waals surface area contributed by atoms with Gasteiger partial charge in [0.05, 0.1) is 11.9 Å². The first-order valence-corrected chi connectivity index (χ1v) is 9.85. The number of phenols is 1. The Labute approximate surface area is 161 Å². The number of nitrogens with zero attached hydrogens (tertiary/aromatic N) is 3. The van der Waals surface area contributed by atoms with E-state index in [4.69, 9.17) is 0 Å². The average Bonchev–Trinajstić information content (AvgIpc) is 3.17. The zero-order chi connectivity index (χ0) is 18.4. The van der Waals surface area contributed by atoms with Crippen molar-refractivity contribution in [1.29, 1.82) is 0 Å². The third-order valence-electron chi connectivity index (χ3n) is 5.33. The van der Waals surface area contributed by atoms with Gasteiger partial charge in [-0.25, -0.2) is 0 Å². The summed E-state index contributed by atoms with van der Waals surface area (Å²) in [7, 11) is 2.10. The van der Waals surface area contributed by atoms with Crippen LogP contribution in [0.1, 0.15) is 22.6 Å². The molecule has 0 amide bonds. The molecule has 1 aliphatic heterocycles. The van der Waals surface area contributed by atoms with Crippen LogP contribution in [0.15, 0.2) is 60.4 Å². The van der Waals surface area contributed by atoms with Gasteiger partial charge in [-0.2, -0.15) is 0 Å². The van der Waals surface area contributed by atoms with E-state index in [0.29, 0.717) is 11.4 Å². The lowest BCUT2D eigenvalue weighted by Crippen LogP contribution is -2.31. The molecular weight excluding hydrogens is 354 g/mol. The Balaban J connectivity index is 1.64. The van der Waals surface area contributed by atoms with E-state index in [-0.39, 0.29) is 5.92 Å². The van der Waals surface area contributed by atoms with Crippen LogP contribution in [-0.4, -0.2) is 33.6 Å². The third-order valence-corrected chi connectivity index (χ3v) is 6.23. The first kappa shape index (κ1) is 16.4. The molecule has 5 rings (SSSR count). The van der Waals surface area contributed by atoms with Crippen molar-refractivity contribution in [1.82, 2.24) is 14.9 Å². The van der Waals surface area contributed by atoms with E-state index in [9.17, 15) is 5.11 Å². The average molecular weight is 373 g/mol. The number of hydrogen-bond acceptors (Lipinski definition) is 5. The number of phenolic OH excluding ortho intramolecular Hbond substituents is 1. The largest absolute Gasteiger partial charge is 0.507 e. The van der Waals surface area contributed by atoms with Crippen molar-refractivity contribution >= 4 is 21.4 Å². The maximum absolute atomic E-state index is 11.0. The maximum Gasteiger partial charge on any atom is 0.129 e. The Morgan fingerprint density at radius 2 is 2.07 bits per heavy atom. The molecule has 1 aliphatic rings. The number of hydrogen-bond donors (Lipinski definition) is 1. The zero-order valence-corrected chi connectivity index (χ0v) is 15.8. The Morgan fingerprint density at radius 3 is 2.93 bits per heavy atom. The number of rotatable bonds is 2. The number of likely N-dealkylation sites (N-methyl/N-ethyl adjacent to an activating group) is 1. The molecule has 3 heterocycles. The minimum Gasteiger partial charge on any atom is -0.507 e. The topological polar surface area (TPSA) is 49.2 Å². The molecule has 4 nitrogen and oxygen atoms in total. The van der Waals surface area contributed by atoms with Crippen molar-refractivity contribution in [2.45, 2.75) is 12.5 Å². The van der Waals surface area contributed by atoms with Gasteiger partial charge >= 0.3 is 0 Å². The highest BCUT2D eigenvalue weighted by molar-refractivity contribution is 7.17. The van der Waals surface area contributed by atoms with Gasteiger partial charge < -0.3 is 10.0 Å². The lowest BCUT2D eigenvalue weighted by atomic mass is 9.83. The van der Waals surface area contributed by atoms with Gasteiger partial charge in [0, 0.05) is 47.2 Å². The number of benzene rings is 2. The van der Waals surface area contributed by atoms with Crippen LogP contribution in [0.4, 0.5) is 0 Å². The highest BCUT2D eigenvalue weighted by Gasteiger charge is 2.28. The van der Waals surface area contributed by atoms with Gasteiger partial charge in [0.2, 0.25) is 0 Å². The lowest BCUT2D eigenvalue weighted by molar-refractivity contribution is 0.288. The molecule has 1 atom stereocenters. The van der Waals surface area contributed by atoms with E-state index in [1.807, 2.05) is 6.07 Å². The fourth-order valence-corrected chi connectivity index (χ4v) is 4.79. The van der Waals surface area contributed by atoms with E-state index in [1.165, 1.54) is 21.2 Å². The quantitative estimate of drug-likeness (QED) is 0.556. The minimum absolute atomic E-state index is 0.241. The highest BCUT2D eigenvalue weighted by Crippen LogP contribution is 2.42. The first-order chi connectivity index (χ1) is 13.2. The predicted octanol–water partition coefficient (Wildman–Crippen LogP) is 4.64. The Morgan fingerprint density at radius 1 is 1.15 bits per heavy atom. The van der Waals surface area contributed by atoms with E-state index in [0.717, 1.165) is 24.2 Å². The van der Waals surface area contributed by atoms with Crippen LogP contribution < -0.4 is 0 Å². The summed E-state index contributed by atoms with van der Waals surface area (Å²) in [5.74, 6) is 0.561. The number of thiophene rings is 1. The van der Waals surface area contributed by atoms with Gasteiger partial charge in [-0.05, 0) is 53.2 Å². The molecule has 134 valence electrons. The summed E-state index contributed by atoms with van der Waals surface area (Å²) >= 11 is 1.77. The van der Waals surface area contributed by atoms with Gasteiger partial charge in [0.25, 0.3) is 0 Å². The summed E-state index contributed by atoms with van der Waals surface area (Å²) in [6.45, 7) is 1.67. The lowest BCUT2D eigenvalue weighted by Gasteiger charge is -2.33. The summed E-state index contributed by atoms with van der Waals surface area (Å²) in [5, 5.41) is 14.4. The molecular formula is C22H19N3OS. The molecule has 0 fully saturated rings. The molecule has 0 saturated carbocycles. The van der Waals surface area contributed by atoms with Crippen LogP contribution in [0.3, 0.4) is 0 Å². The summed E-state index contributed by atoms with van der Waals surface area (Å²) < 4.78 is 1.31. The van der Waals surface area contributed by atoms with Crippen LogP contribution in [0, 0.1) is 0 Å². The second-order valence-corrected chi connectivity index (χ2v) is 8.04. The second-order valence-electron chi connectivity index (χ2n) is 7.09. The summed E-state index contributed by atoms with van der Waals surface area (Å²) in [4.78, 5) is 10.7. The van der Waals surface area contributed by atoms with Crippen molar-refractivity contribution < 1.29 is 5.11 Å². The number of fused-ring (bicyclic) bond motifs is 2. The smallest absolute Gasteiger partial charge is 0.129 e. The first-order valence-electron chi connectivity index (χ1n) is 8.97. The highest BCUT2D eigenvalue weighted by atomic mass is 32.1. The second kappa shape index (κ2) is 6.44. The van der Waals surface area contributed by atoms with Crippen molar-refractivity contribution in [2.75, 3.05) is 13.6 Å². The monoisotopic (exact) mass is 373 g/mol. The SMILES string of the molecule is CN1Cc2c(ccc(-c3cnccn3)c2O)C(c2ccc3sccc3c2)C1. The van der Waals surface area contributed by atoms with Crippen molar-refractivity contribution in [2.24, 2.45) is 0 Å². The summed E-state index contributed by atoms with van der Waals surface area (Å²) in [5.41, 5.74) is 4.92. The van der Waals surface area contributed by atoms with Crippen LogP contribution in [-0.2, 0) is 6.54 Å². The third kappa shape index (κ3) is 2.80. The van der Waals surface area contributed by atoms with Crippen LogP contribution >= 0.6 is 11.3 Å². The maximum atomic E-state index is 11.0. The van der Waals surface area contributed by atoms with E-state index < -0.39 is 0 Å². The molecule has 2 aromatic carbocycles. The van der Waals surface area contributed by atoms with Crippen LogP contribution in [0.25, 0.3) is 21.3 Å². The molecule has 4 aromatic rings. The van der Waals surface area contributed by atoms with Crippen molar-refractivity contribution in [3.05, 3.63) is 77.1 Å². The molecule has 0 saturated heterocycles. The molecule has 1 unspecified atom stereocenters. The molecule has 0 aliphatic carbocycles. The van der Waals surface area contributed by atoms with Crippen molar-refractivity contribution in [3.8, 4) is 17.0 Å². The van der Waals surface area contributed by atoms with Gasteiger partial charge in [0.1, 0.15) is 5.75 Å². The Kier molecular flexibility index (Phi) is 3.92. The van der Waals surface area contributed by atoms with E-state index >= 15 is 0 Å². The normalized spacial score (nSPS) is 17.1. The Hall–Kier alpha value is -2.76. The molecule has 0 radical (unpaired) electrons. The number of aromatic hydroxyl groups is 1. The summed E-state index contributed by atoms with van der Waals surface area (Å²) in [6.07, 6.45) is 4.98. The zero-order valence-electron chi connectivity index (χ0n) is 15.0. The molecule has 0 bridgehead atoms. The molecule has 27 heavy (non-hydrogen) atoms. The molecule has 5 heteroatoms. The van der Waals surface area contributed by atoms with E-state index in [2.05, 4.69) is 57.6 Å². The fourth-order valence-electron chi connectivity index (χ4n) is 4.02. The fraction of sp³-hybridized carbons (Fsp3) is 0.182. The predicted molar refractivity (Wildman–Crippen MR) is 109 cm³/mol. The van der Waals surface area contributed by atoms with Crippen LogP contribution in [0.2, 0.25) is 0 Å². The minimum atomic E-state index is 0.241. The van der Waals surface area contributed by atoms with Gasteiger partial charge in [-0.1, -0.05) is 12.1 Å². The summed E-state index contributed by atoms with van der Waals surface area (Å²) in [6, 6.07) is 13.0.